The molecule has 1 aliphatic carbocycles. The summed E-state index contributed by atoms with van der Waals surface area (Å²) in [5.41, 5.74) is 2.89. The van der Waals surface area contributed by atoms with Crippen LogP contribution in [0.25, 0.3) is 5.57 Å². The summed E-state index contributed by atoms with van der Waals surface area (Å²) in [6.07, 6.45) is -1.59. The lowest BCUT2D eigenvalue weighted by molar-refractivity contribution is -0.137. The number of carbonyl (C=O) groups is 1. The van der Waals surface area contributed by atoms with Gasteiger partial charge in [-0.1, -0.05) is 35.9 Å². The molecule has 0 aromatic heterocycles. The number of rotatable bonds is 11. The molecule has 10 heteroatoms. The Morgan fingerprint density at radius 1 is 1.02 bits per heavy atom. The van der Waals surface area contributed by atoms with Gasteiger partial charge in [-0.05, 0) is 90.9 Å². The molecule has 1 atom stereocenters. The SMILES string of the molecule is COc1cccc(C(NC(=O)C2=C(c3ccc(OCCOc4ccc(C(F)(F)F)cc4Cl)cc3)CCNC2)C2CC2)c1. The molecule has 1 amide bonds. The molecule has 0 radical (unpaired) electrons. The molecule has 2 aliphatic rings. The average molecular weight is 601 g/mol. The topological polar surface area (TPSA) is 68.8 Å². The second-order valence-corrected chi connectivity index (χ2v) is 10.7. The van der Waals surface area contributed by atoms with Crippen molar-refractivity contribution in [3.05, 3.63) is 94.0 Å². The van der Waals surface area contributed by atoms with Gasteiger partial charge in [-0.2, -0.15) is 13.2 Å². The van der Waals surface area contributed by atoms with Gasteiger partial charge in [0.1, 0.15) is 30.5 Å². The molecule has 1 heterocycles. The van der Waals surface area contributed by atoms with Crippen LogP contribution in [0.2, 0.25) is 5.02 Å². The van der Waals surface area contributed by atoms with Crippen molar-refractivity contribution < 1.29 is 32.2 Å². The summed E-state index contributed by atoms with van der Waals surface area (Å²) in [4.78, 5) is 13.6. The fraction of sp³-hybridized carbons (Fsp3) is 0.344. The zero-order valence-corrected chi connectivity index (χ0v) is 23.9. The maximum atomic E-state index is 13.6. The lowest BCUT2D eigenvalue weighted by Crippen LogP contribution is -2.37. The summed E-state index contributed by atoms with van der Waals surface area (Å²) in [5.74, 6) is 1.87. The van der Waals surface area contributed by atoms with E-state index in [2.05, 4.69) is 10.6 Å². The molecule has 1 aliphatic heterocycles. The van der Waals surface area contributed by atoms with Crippen LogP contribution in [0.15, 0.2) is 72.3 Å². The van der Waals surface area contributed by atoms with Crippen molar-refractivity contribution in [1.82, 2.24) is 10.6 Å². The van der Waals surface area contributed by atoms with Crippen molar-refractivity contribution >= 4 is 23.1 Å². The highest BCUT2D eigenvalue weighted by atomic mass is 35.5. The van der Waals surface area contributed by atoms with E-state index in [-0.39, 0.29) is 35.9 Å². The van der Waals surface area contributed by atoms with E-state index >= 15 is 0 Å². The smallest absolute Gasteiger partial charge is 0.416 e. The van der Waals surface area contributed by atoms with Crippen molar-refractivity contribution in [3.8, 4) is 17.2 Å². The number of hydrogen-bond donors (Lipinski definition) is 2. The van der Waals surface area contributed by atoms with E-state index < -0.39 is 11.7 Å². The fourth-order valence-electron chi connectivity index (χ4n) is 5.04. The monoisotopic (exact) mass is 600 g/mol. The maximum absolute atomic E-state index is 13.6. The molecule has 3 aromatic carbocycles. The van der Waals surface area contributed by atoms with Crippen molar-refractivity contribution in [2.75, 3.05) is 33.4 Å². The largest absolute Gasteiger partial charge is 0.497 e. The zero-order valence-electron chi connectivity index (χ0n) is 23.1. The van der Waals surface area contributed by atoms with Gasteiger partial charge in [0.25, 0.3) is 0 Å². The van der Waals surface area contributed by atoms with Gasteiger partial charge in [0.2, 0.25) is 5.91 Å². The van der Waals surface area contributed by atoms with Crippen LogP contribution in [0.3, 0.4) is 0 Å². The molecule has 2 N–H and O–H groups in total. The van der Waals surface area contributed by atoms with Gasteiger partial charge in [-0.15, -0.1) is 0 Å². The molecule has 222 valence electrons. The van der Waals surface area contributed by atoms with Gasteiger partial charge in [0.05, 0.1) is 23.7 Å². The molecule has 42 heavy (non-hydrogen) atoms. The summed E-state index contributed by atoms with van der Waals surface area (Å²) in [6, 6.07) is 18.3. The van der Waals surface area contributed by atoms with Crippen LogP contribution in [-0.4, -0.2) is 39.3 Å². The average Bonchev–Trinajstić information content (AvgIpc) is 3.84. The first-order valence-corrected chi connectivity index (χ1v) is 14.2. The maximum Gasteiger partial charge on any atom is 0.416 e. The Kier molecular flexibility index (Phi) is 9.28. The number of hydrogen-bond acceptors (Lipinski definition) is 5. The van der Waals surface area contributed by atoms with Gasteiger partial charge >= 0.3 is 6.18 Å². The van der Waals surface area contributed by atoms with Crippen LogP contribution < -0.4 is 24.8 Å². The molecular weight excluding hydrogens is 569 g/mol. The first kappa shape index (κ1) is 29.8. The standard InChI is InChI=1S/C32H32ClF3N2O4/c1-40-25-4-2-3-22(17-25)30(21-5-6-21)38-31(39)27-19-37-14-13-26(27)20-7-10-24(11-8-20)41-15-16-42-29-12-9-23(18-28(29)33)32(34,35)36/h2-4,7-12,17-18,21,30,37H,5-6,13-16,19H2,1H3,(H,38,39). The first-order chi connectivity index (χ1) is 20.2. The highest BCUT2D eigenvalue weighted by Gasteiger charge is 2.35. The van der Waals surface area contributed by atoms with Crippen LogP contribution in [0, 0.1) is 5.92 Å². The first-order valence-electron chi connectivity index (χ1n) is 13.8. The summed E-state index contributed by atoms with van der Waals surface area (Å²) in [6.45, 7) is 1.53. The number of amides is 1. The summed E-state index contributed by atoms with van der Waals surface area (Å²) < 4.78 is 55.1. The van der Waals surface area contributed by atoms with Gasteiger partial charge in [0, 0.05) is 12.1 Å². The van der Waals surface area contributed by atoms with E-state index in [1.54, 1.807) is 7.11 Å². The number of alkyl halides is 3. The minimum absolute atomic E-state index is 0.0706. The second-order valence-electron chi connectivity index (χ2n) is 10.3. The zero-order chi connectivity index (χ0) is 29.7. The molecule has 5 rings (SSSR count). The van der Waals surface area contributed by atoms with Crippen LogP contribution in [0.4, 0.5) is 13.2 Å². The predicted molar refractivity (Wildman–Crippen MR) is 155 cm³/mol. The lowest BCUT2D eigenvalue weighted by atomic mass is 9.93. The third-order valence-electron chi connectivity index (χ3n) is 7.40. The Morgan fingerprint density at radius 3 is 2.48 bits per heavy atom. The quantitative estimate of drug-likeness (QED) is 0.236. The second kappa shape index (κ2) is 13.1. The van der Waals surface area contributed by atoms with E-state index in [1.807, 2.05) is 48.5 Å². The van der Waals surface area contributed by atoms with Gasteiger partial charge in [-0.25, -0.2) is 0 Å². The van der Waals surface area contributed by atoms with E-state index in [1.165, 1.54) is 6.07 Å². The summed E-state index contributed by atoms with van der Waals surface area (Å²) >= 11 is 5.94. The Labute approximate surface area is 247 Å². The summed E-state index contributed by atoms with van der Waals surface area (Å²) in [5, 5.41) is 6.50. The Bertz CT molecular complexity index is 1440. The Hall–Kier alpha value is -3.69. The molecule has 3 aromatic rings. The van der Waals surface area contributed by atoms with E-state index in [9.17, 15) is 18.0 Å². The minimum Gasteiger partial charge on any atom is -0.497 e. The third kappa shape index (κ3) is 7.38. The van der Waals surface area contributed by atoms with Gasteiger partial charge in [-0.3, -0.25) is 4.79 Å². The molecule has 0 bridgehead atoms. The number of carbonyl (C=O) groups excluding carboxylic acids is 1. The highest BCUT2D eigenvalue weighted by Crippen LogP contribution is 2.42. The van der Waals surface area contributed by atoms with Crippen molar-refractivity contribution in [2.45, 2.75) is 31.5 Å². The molecular formula is C32H32ClF3N2O4. The summed E-state index contributed by atoms with van der Waals surface area (Å²) in [7, 11) is 1.64. The fourth-order valence-corrected chi connectivity index (χ4v) is 5.28. The van der Waals surface area contributed by atoms with Crippen LogP contribution >= 0.6 is 11.6 Å². The number of halogens is 4. The number of benzene rings is 3. The Balaban J connectivity index is 1.21. The minimum atomic E-state index is -4.47. The van der Waals surface area contributed by atoms with E-state index in [4.69, 9.17) is 25.8 Å². The van der Waals surface area contributed by atoms with E-state index in [0.29, 0.717) is 18.2 Å². The third-order valence-corrected chi connectivity index (χ3v) is 7.69. The lowest BCUT2D eigenvalue weighted by Gasteiger charge is -2.25. The van der Waals surface area contributed by atoms with Crippen LogP contribution in [0.5, 0.6) is 17.2 Å². The normalized spacial score (nSPS) is 16.1. The number of ether oxygens (including phenoxy) is 3. The van der Waals surface area contributed by atoms with Gasteiger partial charge < -0.3 is 24.8 Å². The van der Waals surface area contributed by atoms with Gasteiger partial charge in [0.15, 0.2) is 0 Å². The van der Waals surface area contributed by atoms with Crippen molar-refractivity contribution in [1.29, 1.82) is 0 Å². The van der Waals surface area contributed by atoms with Crippen molar-refractivity contribution in [3.63, 3.8) is 0 Å². The Morgan fingerprint density at radius 2 is 1.79 bits per heavy atom. The van der Waals surface area contributed by atoms with Crippen LogP contribution in [-0.2, 0) is 11.0 Å². The molecule has 0 spiro atoms. The molecule has 6 nitrogen and oxygen atoms in total. The molecule has 1 fully saturated rings. The van der Waals surface area contributed by atoms with Crippen molar-refractivity contribution in [2.24, 2.45) is 5.92 Å². The molecule has 0 saturated heterocycles. The molecule has 1 saturated carbocycles. The predicted octanol–water partition coefficient (Wildman–Crippen LogP) is 6.84. The van der Waals surface area contributed by atoms with Crippen LogP contribution in [0.1, 0.15) is 42.0 Å². The highest BCUT2D eigenvalue weighted by molar-refractivity contribution is 6.32. The number of nitrogens with one attached hydrogen (secondary N) is 2. The molecule has 1 unspecified atom stereocenters. The number of methoxy groups -OCH3 is 1. The van der Waals surface area contributed by atoms with E-state index in [0.717, 1.165) is 66.0 Å².